The van der Waals surface area contributed by atoms with E-state index in [1.807, 2.05) is 0 Å². The van der Waals surface area contributed by atoms with Crippen LogP contribution in [0.2, 0.25) is 0 Å². The summed E-state index contributed by atoms with van der Waals surface area (Å²) in [5.74, 6) is 0.722. The molecular weight excluding hydrogens is 262 g/mol. The average molecular weight is 284 g/mol. The number of hydrogen-bond donors (Lipinski definition) is 2. The predicted octanol–water partition coefficient (Wildman–Crippen LogP) is 2.32. The molecule has 0 aliphatic heterocycles. The lowest BCUT2D eigenvalue weighted by Gasteiger charge is -2.21. The van der Waals surface area contributed by atoms with Crippen LogP contribution in [0, 0.1) is 5.92 Å². The van der Waals surface area contributed by atoms with Gasteiger partial charge in [0.05, 0.1) is 18.3 Å². The van der Waals surface area contributed by atoms with E-state index < -0.39 is 0 Å². The van der Waals surface area contributed by atoms with Crippen LogP contribution in [0.15, 0.2) is 18.3 Å². The third kappa shape index (κ3) is 5.47. The number of carbonyl (C=O) groups excluding carboxylic acids is 1. The van der Waals surface area contributed by atoms with Gasteiger partial charge in [-0.15, -0.1) is 12.4 Å². The van der Waals surface area contributed by atoms with Gasteiger partial charge in [0.1, 0.15) is 0 Å². The largest absolute Gasteiger partial charge is 0.397 e. The summed E-state index contributed by atoms with van der Waals surface area (Å²) in [6.45, 7) is 0.813. The fourth-order valence-corrected chi connectivity index (χ4v) is 2.42. The summed E-state index contributed by atoms with van der Waals surface area (Å²) in [4.78, 5) is 15.9. The number of nitrogens with one attached hydrogen (secondary N) is 1. The first kappa shape index (κ1) is 15.8. The SMILES string of the molecule is Cl.Nc1ccc(CC(=O)NCC2CCCCC2)nc1. The molecule has 0 unspecified atom stereocenters. The highest BCUT2D eigenvalue weighted by Crippen LogP contribution is 2.22. The van der Waals surface area contributed by atoms with Crippen molar-refractivity contribution in [3.05, 3.63) is 24.0 Å². The molecule has 1 heterocycles. The van der Waals surface area contributed by atoms with Crippen molar-refractivity contribution in [1.29, 1.82) is 0 Å². The molecule has 0 radical (unpaired) electrons. The Labute approximate surface area is 120 Å². The highest BCUT2D eigenvalue weighted by atomic mass is 35.5. The summed E-state index contributed by atoms with van der Waals surface area (Å²) in [6.07, 6.45) is 8.39. The van der Waals surface area contributed by atoms with E-state index in [0.29, 0.717) is 18.0 Å². The van der Waals surface area contributed by atoms with Crippen LogP contribution in [-0.4, -0.2) is 17.4 Å². The highest BCUT2D eigenvalue weighted by Gasteiger charge is 2.14. The van der Waals surface area contributed by atoms with E-state index in [0.717, 1.165) is 12.2 Å². The average Bonchev–Trinajstić information content (AvgIpc) is 2.40. The zero-order valence-corrected chi connectivity index (χ0v) is 11.9. The number of pyridine rings is 1. The second-order valence-corrected chi connectivity index (χ2v) is 5.07. The Kier molecular flexibility index (Phi) is 6.64. The smallest absolute Gasteiger partial charge is 0.226 e. The van der Waals surface area contributed by atoms with Gasteiger partial charge in [0.25, 0.3) is 0 Å². The fraction of sp³-hybridized carbons (Fsp3) is 0.571. The molecule has 1 aromatic rings. The number of aromatic nitrogens is 1. The maximum atomic E-state index is 11.8. The first-order chi connectivity index (χ1) is 8.74. The molecule has 1 saturated carbocycles. The van der Waals surface area contributed by atoms with Gasteiger partial charge in [-0.1, -0.05) is 19.3 Å². The van der Waals surface area contributed by atoms with Crippen LogP contribution >= 0.6 is 12.4 Å². The Morgan fingerprint density at radius 2 is 2.05 bits per heavy atom. The number of carbonyl (C=O) groups is 1. The highest BCUT2D eigenvalue weighted by molar-refractivity contribution is 5.85. The van der Waals surface area contributed by atoms with Crippen LogP contribution in [0.25, 0.3) is 0 Å². The van der Waals surface area contributed by atoms with E-state index in [2.05, 4.69) is 10.3 Å². The van der Waals surface area contributed by atoms with Crippen LogP contribution in [-0.2, 0) is 11.2 Å². The topological polar surface area (TPSA) is 68.0 Å². The third-order valence-electron chi connectivity index (χ3n) is 3.50. The van der Waals surface area contributed by atoms with Crippen LogP contribution < -0.4 is 11.1 Å². The molecule has 3 N–H and O–H groups in total. The minimum atomic E-state index is 0. The van der Waals surface area contributed by atoms with Crippen molar-refractivity contribution in [2.45, 2.75) is 38.5 Å². The normalized spacial score (nSPS) is 15.6. The standard InChI is InChI=1S/C14H21N3O.ClH/c15-12-6-7-13(16-10-12)8-14(18)17-9-11-4-2-1-3-5-11;/h6-7,10-11H,1-5,8-9,15H2,(H,17,18);1H. The van der Waals surface area contributed by atoms with Crippen molar-refractivity contribution in [2.75, 3.05) is 12.3 Å². The summed E-state index contributed by atoms with van der Waals surface area (Å²) >= 11 is 0. The molecule has 0 atom stereocenters. The molecular formula is C14H22ClN3O. The first-order valence-corrected chi connectivity index (χ1v) is 6.71. The van der Waals surface area contributed by atoms with Gasteiger partial charge in [-0.05, 0) is 30.9 Å². The van der Waals surface area contributed by atoms with Crippen molar-refractivity contribution < 1.29 is 4.79 Å². The number of nitrogen functional groups attached to an aromatic ring is 1. The minimum Gasteiger partial charge on any atom is -0.397 e. The summed E-state index contributed by atoms with van der Waals surface area (Å²) in [5, 5.41) is 3.01. The van der Waals surface area contributed by atoms with Crippen molar-refractivity contribution in [3.8, 4) is 0 Å². The van der Waals surface area contributed by atoms with Crippen molar-refractivity contribution in [1.82, 2.24) is 10.3 Å². The number of anilines is 1. The Balaban J connectivity index is 0.00000180. The van der Waals surface area contributed by atoms with E-state index in [9.17, 15) is 4.79 Å². The van der Waals surface area contributed by atoms with E-state index >= 15 is 0 Å². The summed E-state index contributed by atoms with van der Waals surface area (Å²) in [6, 6.07) is 3.58. The predicted molar refractivity (Wildman–Crippen MR) is 79.2 cm³/mol. The van der Waals surface area contributed by atoms with E-state index in [4.69, 9.17) is 5.73 Å². The van der Waals surface area contributed by atoms with Crippen LogP contribution in [0.4, 0.5) is 5.69 Å². The van der Waals surface area contributed by atoms with Gasteiger partial charge in [0.2, 0.25) is 5.91 Å². The lowest BCUT2D eigenvalue weighted by Crippen LogP contribution is -2.31. The summed E-state index contributed by atoms with van der Waals surface area (Å²) in [5.41, 5.74) is 6.95. The Morgan fingerprint density at radius 3 is 2.68 bits per heavy atom. The van der Waals surface area contributed by atoms with Crippen LogP contribution in [0.5, 0.6) is 0 Å². The fourth-order valence-electron chi connectivity index (χ4n) is 2.42. The van der Waals surface area contributed by atoms with Crippen molar-refractivity contribution >= 4 is 24.0 Å². The number of rotatable bonds is 4. The van der Waals surface area contributed by atoms with E-state index in [1.165, 1.54) is 32.1 Å². The lowest BCUT2D eigenvalue weighted by molar-refractivity contribution is -0.120. The molecule has 106 valence electrons. The van der Waals surface area contributed by atoms with Gasteiger partial charge in [-0.2, -0.15) is 0 Å². The van der Waals surface area contributed by atoms with Gasteiger partial charge in [-0.25, -0.2) is 0 Å². The number of amides is 1. The Morgan fingerprint density at radius 1 is 1.32 bits per heavy atom. The van der Waals surface area contributed by atoms with Crippen LogP contribution in [0.3, 0.4) is 0 Å². The zero-order valence-electron chi connectivity index (χ0n) is 11.1. The number of halogens is 1. The maximum Gasteiger partial charge on any atom is 0.226 e. The lowest BCUT2D eigenvalue weighted by atomic mass is 9.89. The monoisotopic (exact) mass is 283 g/mol. The number of nitrogens with zero attached hydrogens (tertiary/aromatic N) is 1. The van der Waals surface area contributed by atoms with Gasteiger partial charge in [0, 0.05) is 12.2 Å². The first-order valence-electron chi connectivity index (χ1n) is 6.71. The van der Waals surface area contributed by atoms with Gasteiger partial charge in [0.15, 0.2) is 0 Å². The maximum absolute atomic E-state index is 11.8. The molecule has 5 heteroatoms. The number of hydrogen-bond acceptors (Lipinski definition) is 3. The van der Waals surface area contributed by atoms with Crippen molar-refractivity contribution in [3.63, 3.8) is 0 Å². The van der Waals surface area contributed by atoms with E-state index in [-0.39, 0.29) is 18.3 Å². The molecule has 0 aromatic carbocycles. The molecule has 1 aromatic heterocycles. The molecule has 2 rings (SSSR count). The van der Waals surface area contributed by atoms with E-state index in [1.54, 1.807) is 18.3 Å². The molecule has 0 bridgehead atoms. The molecule has 1 aliphatic rings. The molecule has 19 heavy (non-hydrogen) atoms. The molecule has 0 spiro atoms. The Hall–Kier alpha value is -1.29. The summed E-state index contributed by atoms with van der Waals surface area (Å²) < 4.78 is 0. The quantitative estimate of drug-likeness (QED) is 0.891. The summed E-state index contributed by atoms with van der Waals surface area (Å²) in [7, 11) is 0. The second-order valence-electron chi connectivity index (χ2n) is 5.07. The van der Waals surface area contributed by atoms with Gasteiger partial charge in [-0.3, -0.25) is 9.78 Å². The number of nitrogens with two attached hydrogens (primary N) is 1. The zero-order chi connectivity index (χ0) is 12.8. The Bertz CT molecular complexity index is 388. The molecule has 0 saturated heterocycles. The van der Waals surface area contributed by atoms with Crippen LogP contribution in [0.1, 0.15) is 37.8 Å². The molecule has 4 nitrogen and oxygen atoms in total. The van der Waals surface area contributed by atoms with Crippen molar-refractivity contribution in [2.24, 2.45) is 5.92 Å². The third-order valence-corrected chi connectivity index (χ3v) is 3.50. The van der Waals surface area contributed by atoms with Gasteiger partial charge < -0.3 is 11.1 Å². The molecule has 1 fully saturated rings. The second kappa shape index (κ2) is 8.00. The minimum absolute atomic E-state index is 0. The molecule has 1 aliphatic carbocycles. The van der Waals surface area contributed by atoms with Gasteiger partial charge >= 0.3 is 0 Å². The molecule has 1 amide bonds.